The second-order valence-corrected chi connectivity index (χ2v) is 8.97. The lowest BCUT2D eigenvalue weighted by Crippen LogP contribution is -2.44. The highest BCUT2D eigenvalue weighted by Gasteiger charge is 2.40. The van der Waals surface area contributed by atoms with Gasteiger partial charge >= 0.3 is 0 Å². The number of likely N-dealkylation sites (tertiary alicyclic amines) is 1. The van der Waals surface area contributed by atoms with E-state index in [1.807, 2.05) is 0 Å². The van der Waals surface area contributed by atoms with Gasteiger partial charge in [-0.05, 0) is 30.3 Å². The first-order valence-corrected chi connectivity index (χ1v) is 11.9. The average molecular weight is 538 g/mol. The van der Waals surface area contributed by atoms with Crippen LogP contribution in [0.15, 0.2) is 55.1 Å². The van der Waals surface area contributed by atoms with Crippen LogP contribution in [0, 0.1) is 0 Å². The second-order valence-electron chi connectivity index (χ2n) is 8.58. The van der Waals surface area contributed by atoms with E-state index in [2.05, 4.69) is 30.7 Å². The molecule has 1 saturated heterocycles. The van der Waals surface area contributed by atoms with E-state index >= 15 is 0 Å². The number of primary amides is 1. The number of nitrogens with one attached hydrogen (secondary N) is 2. The molecule has 0 spiro atoms. The van der Waals surface area contributed by atoms with Crippen LogP contribution in [0.3, 0.4) is 0 Å². The van der Waals surface area contributed by atoms with Crippen LogP contribution in [-0.2, 0) is 16.1 Å². The van der Waals surface area contributed by atoms with Gasteiger partial charge in [0.25, 0.3) is 5.91 Å². The highest BCUT2D eigenvalue weighted by molar-refractivity contribution is 6.29. The van der Waals surface area contributed by atoms with Crippen molar-refractivity contribution in [2.24, 2.45) is 5.73 Å². The van der Waals surface area contributed by atoms with Crippen molar-refractivity contribution in [1.29, 1.82) is 0 Å². The number of carbonyl (C=O) groups is 3. The summed E-state index contributed by atoms with van der Waals surface area (Å²) in [4.78, 5) is 51.3. The Hall–Kier alpha value is -4.65. The highest BCUT2D eigenvalue weighted by atomic mass is 35.5. The first-order valence-electron chi connectivity index (χ1n) is 11.5. The molecular formula is C24H21ClFN9O3. The third-order valence-electron chi connectivity index (χ3n) is 5.96. The Morgan fingerprint density at radius 1 is 1.13 bits per heavy atom. The van der Waals surface area contributed by atoms with E-state index in [9.17, 15) is 18.8 Å². The monoisotopic (exact) mass is 537 g/mol. The lowest BCUT2D eigenvalue weighted by Gasteiger charge is -2.23. The summed E-state index contributed by atoms with van der Waals surface area (Å²) in [7, 11) is 0. The van der Waals surface area contributed by atoms with Crippen LogP contribution in [0.25, 0.3) is 10.9 Å². The normalized spacial score (nSPS) is 16.9. The van der Waals surface area contributed by atoms with Crippen LogP contribution >= 0.6 is 11.6 Å². The van der Waals surface area contributed by atoms with Crippen molar-refractivity contribution in [3.8, 4) is 0 Å². The smallest absolute Gasteiger partial charge is 0.269 e. The van der Waals surface area contributed by atoms with Crippen LogP contribution in [0.4, 0.5) is 21.6 Å². The number of carbonyl (C=O) groups excluding carboxylic acids is 3. The first-order chi connectivity index (χ1) is 18.3. The fourth-order valence-corrected chi connectivity index (χ4v) is 4.47. The van der Waals surface area contributed by atoms with Crippen molar-refractivity contribution < 1.29 is 18.8 Å². The molecule has 0 aliphatic carbocycles. The van der Waals surface area contributed by atoms with Gasteiger partial charge in [-0.3, -0.25) is 19.1 Å². The molecule has 194 valence electrons. The molecule has 2 atom stereocenters. The number of alkyl halides is 1. The fourth-order valence-electron chi connectivity index (χ4n) is 4.31. The lowest BCUT2D eigenvalue weighted by atomic mass is 10.1. The molecule has 5 rings (SSSR count). The van der Waals surface area contributed by atoms with Crippen LogP contribution in [0.5, 0.6) is 0 Å². The summed E-state index contributed by atoms with van der Waals surface area (Å²) in [5.41, 5.74) is 7.21. The third-order valence-corrected chi connectivity index (χ3v) is 6.17. The minimum atomic E-state index is -1.38. The van der Waals surface area contributed by atoms with Gasteiger partial charge in [-0.15, -0.1) is 0 Å². The maximum absolute atomic E-state index is 14.4. The summed E-state index contributed by atoms with van der Waals surface area (Å²) >= 11 is 5.86. The van der Waals surface area contributed by atoms with E-state index in [4.69, 9.17) is 17.3 Å². The average Bonchev–Trinajstić information content (AvgIpc) is 3.45. The summed E-state index contributed by atoms with van der Waals surface area (Å²) in [5, 5.41) is 10.5. The number of halogens is 2. The lowest BCUT2D eigenvalue weighted by molar-refractivity contribution is -0.137. The van der Waals surface area contributed by atoms with E-state index in [-0.39, 0.29) is 36.2 Å². The number of amides is 3. The largest absolute Gasteiger partial charge is 0.364 e. The van der Waals surface area contributed by atoms with Crippen molar-refractivity contribution >= 4 is 57.4 Å². The van der Waals surface area contributed by atoms with Crippen molar-refractivity contribution in [2.45, 2.75) is 25.2 Å². The molecule has 14 heteroatoms. The zero-order valence-electron chi connectivity index (χ0n) is 19.7. The Balaban J connectivity index is 1.38. The summed E-state index contributed by atoms with van der Waals surface area (Å²) in [6.07, 6.45) is 3.01. The number of anilines is 3. The van der Waals surface area contributed by atoms with Crippen LogP contribution < -0.4 is 16.4 Å². The predicted octanol–water partition coefficient (Wildman–Crippen LogP) is 2.29. The van der Waals surface area contributed by atoms with Gasteiger partial charge in [0.2, 0.25) is 11.8 Å². The van der Waals surface area contributed by atoms with Gasteiger partial charge in [0, 0.05) is 17.5 Å². The van der Waals surface area contributed by atoms with Gasteiger partial charge in [0.05, 0.1) is 30.1 Å². The van der Waals surface area contributed by atoms with Crippen LogP contribution in [-0.4, -0.2) is 66.1 Å². The molecule has 4 N–H and O–H groups in total. The third kappa shape index (κ3) is 5.22. The molecular weight excluding hydrogens is 517 g/mol. The Morgan fingerprint density at radius 2 is 1.92 bits per heavy atom. The standard InChI is InChI=1S/C24H21ClFN9O3/c25-19-2-1-3-20(31-19)32-24(38)18-6-13(26)10-34(18)21(36)11-35-17-5-4-14(30-15-8-28-12-29-9-15)7-16(17)22(33-35)23(27)37/h1-5,7-9,12-13,18,30H,6,10-11H2,(H2,27,37)(H,31,32,38). The summed E-state index contributed by atoms with van der Waals surface area (Å²) in [6, 6.07) is 8.69. The van der Waals surface area contributed by atoms with Gasteiger partial charge < -0.3 is 21.3 Å². The quantitative estimate of drug-likeness (QED) is 0.302. The molecule has 4 aromatic rings. The molecule has 4 heterocycles. The zero-order chi connectivity index (χ0) is 26.8. The number of hydrogen-bond acceptors (Lipinski definition) is 8. The highest BCUT2D eigenvalue weighted by Crippen LogP contribution is 2.27. The fraction of sp³-hybridized carbons (Fsp3) is 0.208. The first kappa shape index (κ1) is 25.0. The molecule has 1 aromatic carbocycles. The van der Waals surface area contributed by atoms with E-state index in [0.717, 1.165) is 4.90 Å². The number of nitrogens with zero attached hydrogens (tertiary/aromatic N) is 6. The van der Waals surface area contributed by atoms with Crippen molar-refractivity contribution in [1.82, 2.24) is 29.6 Å². The number of pyridine rings is 1. The number of fused-ring (bicyclic) bond motifs is 1. The maximum Gasteiger partial charge on any atom is 0.269 e. The van der Waals surface area contributed by atoms with E-state index in [1.165, 1.54) is 17.1 Å². The number of hydrogen-bond donors (Lipinski definition) is 3. The van der Waals surface area contributed by atoms with Gasteiger partial charge in [-0.1, -0.05) is 17.7 Å². The predicted molar refractivity (Wildman–Crippen MR) is 136 cm³/mol. The molecule has 1 aliphatic heterocycles. The molecule has 1 aliphatic rings. The van der Waals surface area contributed by atoms with E-state index in [0.29, 0.717) is 22.3 Å². The van der Waals surface area contributed by atoms with Gasteiger partial charge in [0.15, 0.2) is 5.69 Å². The molecule has 38 heavy (non-hydrogen) atoms. The van der Waals surface area contributed by atoms with Crippen LogP contribution in [0.1, 0.15) is 16.9 Å². The Bertz CT molecular complexity index is 1530. The van der Waals surface area contributed by atoms with Crippen LogP contribution in [0.2, 0.25) is 5.15 Å². The second kappa shape index (κ2) is 10.4. The summed E-state index contributed by atoms with van der Waals surface area (Å²) in [6.45, 7) is -0.593. The van der Waals surface area contributed by atoms with Crippen molar-refractivity contribution in [3.05, 3.63) is 66.0 Å². The Kier molecular flexibility index (Phi) is 6.83. The molecule has 1 fully saturated rings. The number of rotatable bonds is 7. The minimum Gasteiger partial charge on any atom is -0.364 e. The molecule has 2 unspecified atom stereocenters. The van der Waals surface area contributed by atoms with Gasteiger partial charge in [-0.25, -0.2) is 19.3 Å². The molecule has 0 radical (unpaired) electrons. The minimum absolute atomic E-state index is 0.0353. The number of nitrogens with two attached hydrogens (primary N) is 1. The SMILES string of the molecule is NC(=O)c1nn(CC(=O)N2CC(F)CC2C(=O)Nc2cccc(Cl)n2)c2ccc(Nc3cncnc3)cc12. The molecule has 12 nitrogen and oxygen atoms in total. The topological polar surface area (TPSA) is 161 Å². The molecule has 0 bridgehead atoms. The van der Waals surface area contributed by atoms with Crippen molar-refractivity contribution in [3.63, 3.8) is 0 Å². The Morgan fingerprint density at radius 3 is 2.66 bits per heavy atom. The Labute approximate surface area is 220 Å². The summed E-state index contributed by atoms with van der Waals surface area (Å²) < 4.78 is 15.7. The molecule has 3 amide bonds. The maximum atomic E-state index is 14.4. The van der Waals surface area contributed by atoms with Crippen molar-refractivity contribution in [2.75, 3.05) is 17.2 Å². The van der Waals surface area contributed by atoms with E-state index < -0.39 is 29.9 Å². The van der Waals surface area contributed by atoms with Gasteiger partial charge in [0.1, 0.15) is 36.1 Å². The number of benzene rings is 1. The number of aromatic nitrogens is 5. The zero-order valence-corrected chi connectivity index (χ0v) is 20.5. The molecule has 3 aromatic heterocycles. The molecule has 0 saturated carbocycles. The van der Waals surface area contributed by atoms with E-state index in [1.54, 1.807) is 42.7 Å². The summed E-state index contributed by atoms with van der Waals surface area (Å²) in [5.74, 6) is -1.73. The van der Waals surface area contributed by atoms with Gasteiger partial charge in [-0.2, -0.15) is 5.10 Å².